The summed E-state index contributed by atoms with van der Waals surface area (Å²) in [7, 11) is -4.73. The van der Waals surface area contributed by atoms with Crippen LogP contribution in [-0.2, 0) is 15.8 Å². The first-order valence-electron chi connectivity index (χ1n) is 9.86. The summed E-state index contributed by atoms with van der Waals surface area (Å²) in [5, 5.41) is 0.480. The number of ether oxygens (including phenoxy) is 1. The Kier molecular flexibility index (Phi) is 8.66. The molecule has 2 aromatic heterocycles. The largest absolute Gasteiger partial charge is 0.395 e. The van der Waals surface area contributed by atoms with Crippen LogP contribution in [0.5, 0.6) is 0 Å². The van der Waals surface area contributed by atoms with Gasteiger partial charge in [-0.05, 0) is 18.4 Å². The molecule has 2 N–H and O–H groups in total. The van der Waals surface area contributed by atoms with Crippen LogP contribution < -0.4 is 5.73 Å². The van der Waals surface area contributed by atoms with E-state index >= 15 is 0 Å². The molecular weight excluding hydrogens is 539 g/mol. The maximum atomic E-state index is 12.7. The summed E-state index contributed by atoms with van der Waals surface area (Å²) in [6.07, 6.45) is -11.9. The second-order valence-electron chi connectivity index (χ2n) is 7.39. The molecule has 0 fully saturated rings. The number of alkyl halides is 6. The summed E-state index contributed by atoms with van der Waals surface area (Å²) in [6.45, 7) is -0.330. The van der Waals surface area contributed by atoms with Crippen LogP contribution in [0.25, 0.3) is 11.2 Å². The molecule has 7 nitrogen and oxygen atoms in total. The van der Waals surface area contributed by atoms with Crippen molar-refractivity contribution in [1.29, 1.82) is 0 Å². The lowest BCUT2D eigenvalue weighted by Gasteiger charge is -2.21. The van der Waals surface area contributed by atoms with E-state index in [9.17, 15) is 30.9 Å². The molecule has 0 saturated heterocycles. The molecule has 3 aromatic rings. The summed E-state index contributed by atoms with van der Waals surface area (Å²) in [6, 6.07) is 7.62. The first kappa shape index (κ1) is 27.6. The number of hydrogen-bond acceptors (Lipinski definition) is 8. The maximum absolute atomic E-state index is 12.7. The van der Waals surface area contributed by atoms with Crippen molar-refractivity contribution in [3.8, 4) is 0 Å². The number of anilines is 1. The molecule has 0 bridgehead atoms. The molecule has 0 aliphatic carbocycles. The van der Waals surface area contributed by atoms with Gasteiger partial charge in [-0.1, -0.05) is 23.9 Å². The molecule has 0 amide bonds. The van der Waals surface area contributed by atoms with Crippen molar-refractivity contribution < 1.29 is 35.6 Å². The summed E-state index contributed by atoms with van der Waals surface area (Å²) < 4.78 is 94.8. The van der Waals surface area contributed by atoms with Gasteiger partial charge >= 0.3 is 12.4 Å². The van der Waals surface area contributed by atoms with E-state index < -0.39 is 38.2 Å². The van der Waals surface area contributed by atoms with Crippen molar-refractivity contribution in [3.63, 3.8) is 0 Å². The fourth-order valence-corrected chi connectivity index (χ4v) is 7.00. The molecule has 2 heterocycles. The lowest BCUT2D eigenvalue weighted by atomic mass is 10.4. The third kappa shape index (κ3) is 8.02. The van der Waals surface area contributed by atoms with Gasteiger partial charge in [-0.25, -0.2) is 9.97 Å². The molecule has 35 heavy (non-hydrogen) atoms. The highest BCUT2D eigenvalue weighted by Gasteiger charge is 2.46. The fraction of sp³-hybridized carbons (Fsp3) is 0.421. The van der Waals surface area contributed by atoms with Gasteiger partial charge in [0.1, 0.15) is 24.0 Å². The van der Waals surface area contributed by atoms with Crippen LogP contribution in [0.15, 0.2) is 45.4 Å². The molecule has 192 valence electrons. The number of imidazole rings is 1. The number of rotatable bonds is 10. The average Bonchev–Trinajstić information content (AvgIpc) is 3.11. The van der Waals surface area contributed by atoms with Crippen molar-refractivity contribution in [2.45, 2.75) is 33.7 Å². The van der Waals surface area contributed by atoms with E-state index in [2.05, 4.69) is 15.0 Å². The predicted octanol–water partition coefficient (Wildman–Crippen LogP) is 5.74. The van der Waals surface area contributed by atoms with E-state index in [1.54, 1.807) is 11.8 Å². The number of nitrogens with zero attached hydrogens (tertiary/aromatic N) is 4. The van der Waals surface area contributed by atoms with E-state index in [0.717, 1.165) is 9.79 Å². The zero-order valence-electron chi connectivity index (χ0n) is 18.1. The zero-order chi connectivity index (χ0) is 25.9. The summed E-state index contributed by atoms with van der Waals surface area (Å²) in [5.41, 5.74) is 6.58. The molecule has 16 heteroatoms. The molecule has 0 unspecified atom stereocenters. The van der Waals surface area contributed by atoms with Crippen molar-refractivity contribution in [1.82, 2.24) is 19.5 Å². The van der Waals surface area contributed by atoms with Crippen LogP contribution >= 0.6 is 30.7 Å². The number of benzene rings is 1. The Morgan fingerprint density at radius 1 is 1.06 bits per heavy atom. The monoisotopic (exact) mass is 559 g/mol. The summed E-state index contributed by atoms with van der Waals surface area (Å²) in [5.74, 6) is -0.0378. The molecule has 0 radical (unpaired) electrons. The van der Waals surface area contributed by atoms with E-state index in [-0.39, 0.29) is 19.1 Å². The van der Waals surface area contributed by atoms with Crippen LogP contribution in [0.2, 0.25) is 0 Å². The zero-order valence-corrected chi connectivity index (χ0v) is 20.7. The smallest absolute Gasteiger partial charge is 0.372 e. The number of fused-ring (bicyclic) bond motifs is 1. The van der Waals surface area contributed by atoms with Crippen molar-refractivity contribution in [2.24, 2.45) is 0 Å². The Bertz CT molecular complexity index is 1200. The predicted molar refractivity (Wildman–Crippen MR) is 122 cm³/mol. The minimum Gasteiger partial charge on any atom is -0.372 e. The molecule has 0 saturated carbocycles. The van der Waals surface area contributed by atoms with Crippen LogP contribution in [-0.4, -0.2) is 63.4 Å². The quantitative estimate of drug-likeness (QED) is 0.110. The number of aromatic nitrogens is 4. The van der Waals surface area contributed by atoms with Crippen LogP contribution in [0.1, 0.15) is 0 Å². The van der Waals surface area contributed by atoms with E-state index in [1.807, 2.05) is 30.5 Å². The molecule has 0 aliphatic heterocycles. The number of nitrogen functional groups attached to an aromatic ring is 1. The lowest BCUT2D eigenvalue weighted by Crippen LogP contribution is -2.24. The van der Waals surface area contributed by atoms with E-state index in [0.29, 0.717) is 16.2 Å². The second kappa shape index (κ2) is 11.0. The average molecular weight is 559 g/mol. The standard InChI is InChI=1S/C19H20F6N5O2PS2/c1-34-12-4-2-3-5-13(12)35-16-14-15(28-17(26)29-16)30(10-27-14)6-7-32-11-33(31,8-18(20,21)22)9-19(23,24)25/h2-5,10H,6-9,11H2,1H3,(H2,26,28,29). The van der Waals surface area contributed by atoms with Gasteiger partial charge in [-0.2, -0.15) is 31.3 Å². The van der Waals surface area contributed by atoms with Crippen LogP contribution in [0.4, 0.5) is 32.3 Å². The summed E-state index contributed by atoms with van der Waals surface area (Å²) in [4.78, 5) is 14.6. The van der Waals surface area contributed by atoms with Gasteiger partial charge in [0.05, 0.1) is 25.3 Å². The first-order chi connectivity index (χ1) is 16.3. The maximum Gasteiger partial charge on any atom is 0.395 e. The van der Waals surface area contributed by atoms with Crippen molar-refractivity contribution in [2.75, 3.05) is 37.3 Å². The molecular formula is C19H20F6N5O2PS2. The number of thioether (sulfide) groups is 1. The minimum absolute atomic E-state index is 0.0174. The Labute approximate surface area is 204 Å². The highest BCUT2D eigenvalue weighted by atomic mass is 32.2. The van der Waals surface area contributed by atoms with Crippen LogP contribution in [0.3, 0.4) is 0 Å². The lowest BCUT2D eigenvalue weighted by molar-refractivity contribution is -0.113. The van der Waals surface area contributed by atoms with E-state index in [4.69, 9.17) is 10.5 Å². The van der Waals surface area contributed by atoms with Gasteiger partial charge in [0.15, 0.2) is 5.65 Å². The van der Waals surface area contributed by atoms with E-state index in [1.165, 1.54) is 22.7 Å². The minimum atomic E-state index is -5.01. The Hall–Kier alpha value is -1.96. The number of hydrogen-bond donors (Lipinski definition) is 1. The van der Waals surface area contributed by atoms with Crippen molar-refractivity contribution >= 4 is 47.8 Å². The number of nitrogens with two attached hydrogens (primary N) is 1. The number of halogens is 6. The highest BCUT2D eigenvalue weighted by molar-refractivity contribution is 8.02. The topological polar surface area (TPSA) is 95.9 Å². The molecule has 0 atom stereocenters. The molecule has 1 aromatic carbocycles. The Morgan fingerprint density at radius 2 is 1.69 bits per heavy atom. The molecule has 3 rings (SSSR count). The van der Waals surface area contributed by atoms with Crippen LogP contribution in [0, 0.1) is 0 Å². The van der Waals surface area contributed by atoms with Gasteiger partial charge in [-0.15, -0.1) is 11.8 Å². The second-order valence-corrected chi connectivity index (χ2v) is 12.3. The van der Waals surface area contributed by atoms with Crippen molar-refractivity contribution in [3.05, 3.63) is 30.6 Å². The first-order valence-corrected chi connectivity index (χ1v) is 14.2. The SMILES string of the molecule is CSc1ccccc1Sc1nc(N)nc2c1ncn2CCOCP(=O)(CC(F)(F)F)CC(F)(F)F. The van der Waals surface area contributed by atoms with Gasteiger partial charge in [0.25, 0.3) is 0 Å². The van der Waals surface area contributed by atoms with Gasteiger partial charge in [-0.3, -0.25) is 0 Å². The molecule has 0 spiro atoms. The third-order valence-electron chi connectivity index (χ3n) is 4.46. The molecule has 0 aliphatic rings. The normalized spacial score (nSPS) is 13.0. The summed E-state index contributed by atoms with van der Waals surface area (Å²) >= 11 is 2.88. The highest BCUT2D eigenvalue weighted by Crippen LogP contribution is 2.53. The Balaban J connectivity index is 1.73. The Morgan fingerprint density at radius 3 is 2.29 bits per heavy atom. The van der Waals surface area contributed by atoms with Gasteiger partial charge in [0, 0.05) is 16.3 Å². The fourth-order valence-electron chi connectivity index (χ4n) is 3.17. The van der Waals surface area contributed by atoms with Gasteiger partial charge in [0.2, 0.25) is 5.95 Å². The third-order valence-corrected chi connectivity index (χ3v) is 8.96. The van der Waals surface area contributed by atoms with Gasteiger partial charge < -0.3 is 19.6 Å².